The second-order valence-electron chi connectivity index (χ2n) is 3.60. The van der Waals surface area contributed by atoms with E-state index >= 15 is 0 Å². The summed E-state index contributed by atoms with van der Waals surface area (Å²) >= 11 is 0. The molecule has 1 saturated carbocycles. The molecule has 0 saturated heterocycles. The Morgan fingerprint density at radius 2 is 2.57 bits per heavy atom. The van der Waals surface area contributed by atoms with Crippen molar-refractivity contribution in [3.05, 3.63) is 18.2 Å². The van der Waals surface area contributed by atoms with Crippen molar-refractivity contribution in [3.8, 4) is 0 Å². The molecule has 1 aromatic heterocycles. The smallest absolute Gasteiger partial charge is 0.309 e. The predicted molar refractivity (Wildman–Crippen MR) is 50.7 cm³/mol. The highest BCUT2D eigenvalue weighted by Crippen LogP contribution is 2.47. The lowest BCUT2D eigenvalue weighted by Crippen LogP contribution is -2.08. The van der Waals surface area contributed by atoms with Crippen LogP contribution in [0, 0.1) is 5.92 Å². The second-order valence-corrected chi connectivity index (χ2v) is 3.60. The van der Waals surface area contributed by atoms with Crippen LogP contribution < -0.4 is 0 Å². The number of esters is 1. The maximum atomic E-state index is 11.4. The molecule has 0 aliphatic heterocycles. The Labute approximate surface area is 82.9 Å². The minimum atomic E-state index is -0.0829. The molecule has 4 heteroatoms. The fraction of sp³-hybridized carbons (Fsp3) is 0.600. The molecule has 1 aliphatic rings. The number of hydrogen-bond acceptors (Lipinski definition) is 3. The van der Waals surface area contributed by atoms with Gasteiger partial charge in [-0.25, -0.2) is 4.98 Å². The van der Waals surface area contributed by atoms with Crippen LogP contribution in [0.25, 0.3) is 0 Å². The van der Waals surface area contributed by atoms with Crippen molar-refractivity contribution in [1.29, 1.82) is 0 Å². The molecular weight excluding hydrogens is 180 g/mol. The van der Waals surface area contributed by atoms with E-state index in [4.69, 9.17) is 4.74 Å². The molecule has 14 heavy (non-hydrogen) atoms. The zero-order valence-corrected chi connectivity index (χ0v) is 8.43. The summed E-state index contributed by atoms with van der Waals surface area (Å²) in [4.78, 5) is 15.6. The number of rotatable bonds is 3. The number of nitrogens with zero attached hydrogens (tertiary/aromatic N) is 2. The van der Waals surface area contributed by atoms with Gasteiger partial charge in [-0.15, -0.1) is 0 Å². The minimum Gasteiger partial charge on any atom is -0.466 e. The highest BCUT2D eigenvalue weighted by Gasteiger charge is 2.47. The Kier molecular flexibility index (Phi) is 2.27. The van der Waals surface area contributed by atoms with E-state index in [0.717, 1.165) is 12.2 Å². The van der Waals surface area contributed by atoms with Gasteiger partial charge in [0, 0.05) is 25.4 Å². The summed E-state index contributed by atoms with van der Waals surface area (Å²) in [6.45, 7) is 2.29. The van der Waals surface area contributed by atoms with Crippen LogP contribution in [0.2, 0.25) is 0 Å². The van der Waals surface area contributed by atoms with Crippen molar-refractivity contribution in [2.24, 2.45) is 13.0 Å². The van der Waals surface area contributed by atoms with Crippen LogP contribution >= 0.6 is 0 Å². The van der Waals surface area contributed by atoms with E-state index in [2.05, 4.69) is 4.98 Å². The summed E-state index contributed by atoms with van der Waals surface area (Å²) in [7, 11) is 1.95. The molecule has 0 aromatic carbocycles. The van der Waals surface area contributed by atoms with Crippen molar-refractivity contribution in [3.63, 3.8) is 0 Å². The van der Waals surface area contributed by atoms with E-state index < -0.39 is 0 Å². The number of hydrogen-bond donors (Lipinski definition) is 0. The molecule has 2 atom stereocenters. The average molecular weight is 194 g/mol. The Hall–Kier alpha value is -1.32. The first kappa shape index (κ1) is 9.24. The van der Waals surface area contributed by atoms with Crippen LogP contribution in [-0.4, -0.2) is 22.1 Å². The average Bonchev–Trinajstić information content (AvgIpc) is 2.84. The number of imidazole rings is 1. The van der Waals surface area contributed by atoms with Gasteiger partial charge in [0.1, 0.15) is 5.82 Å². The van der Waals surface area contributed by atoms with Crippen LogP contribution in [0.1, 0.15) is 25.1 Å². The largest absolute Gasteiger partial charge is 0.466 e. The van der Waals surface area contributed by atoms with Crippen LogP contribution in [0.4, 0.5) is 0 Å². The minimum absolute atomic E-state index is 0.0380. The number of carbonyl (C=O) groups is 1. The fourth-order valence-electron chi connectivity index (χ4n) is 1.72. The van der Waals surface area contributed by atoms with Crippen LogP contribution in [-0.2, 0) is 16.6 Å². The quantitative estimate of drug-likeness (QED) is 0.676. The third-order valence-corrected chi connectivity index (χ3v) is 2.57. The highest BCUT2D eigenvalue weighted by atomic mass is 16.5. The lowest BCUT2D eigenvalue weighted by atomic mass is 10.3. The highest BCUT2D eigenvalue weighted by molar-refractivity contribution is 5.77. The molecule has 1 fully saturated rings. The van der Waals surface area contributed by atoms with Gasteiger partial charge >= 0.3 is 5.97 Å². The number of ether oxygens (including phenoxy) is 1. The van der Waals surface area contributed by atoms with Crippen LogP contribution in [0.15, 0.2) is 12.4 Å². The maximum absolute atomic E-state index is 11.4. The molecule has 0 bridgehead atoms. The lowest BCUT2D eigenvalue weighted by molar-refractivity contribution is -0.144. The van der Waals surface area contributed by atoms with E-state index in [1.165, 1.54) is 0 Å². The maximum Gasteiger partial charge on any atom is 0.309 e. The number of aromatic nitrogens is 2. The third kappa shape index (κ3) is 1.52. The molecule has 2 unspecified atom stereocenters. The first-order valence-electron chi connectivity index (χ1n) is 4.88. The molecule has 76 valence electrons. The normalized spacial score (nSPS) is 24.7. The summed E-state index contributed by atoms with van der Waals surface area (Å²) in [5, 5.41) is 0. The van der Waals surface area contributed by atoms with Gasteiger partial charge in [-0.1, -0.05) is 0 Å². The Morgan fingerprint density at radius 3 is 3.14 bits per heavy atom. The zero-order chi connectivity index (χ0) is 10.1. The van der Waals surface area contributed by atoms with Crippen LogP contribution in [0.5, 0.6) is 0 Å². The van der Waals surface area contributed by atoms with Gasteiger partial charge in [-0.3, -0.25) is 4.79 Å². The van der Waals surface area contributed by atoms with Gasteiger partial charge in [0.25, 0.3) is 0 Å². The second kappa shape index (κ2) is 3.44. The summed E-state index contributed by atoms with van der Waals surface area (Å²) in [6.07, 6.45) is 4.54. The fourth-order valence-corrected chi connectivity index (χ4v) is 1.72. The molecule has 1 aliphatic carbocycles. The van der Waals surface area contributed by atoms with E-state index in [1.54, 1.807) is 6.20 Å². The molecule has 0 N–H and O–H groups in total. The molecule has 0 amide bonds. The number of aryl methyl sites for hydroxylation is 1. The Bertz CT molecular complexity index is 346. The van der Waals surface area contributed by atoms with Gasteiger partial charge in [0.15, 0.2) is 0 Å². The Morgan fingerprint density at radius 1 is 1.79 bits per heavy atom. The summed E-state index contributed by atoms with van der Waals surface area (Å²) in [6, 6.07) is 0. The van der Waals surface area contributed by atoms with E-state index in [0.29, 0.717) is 6.61 Å². The van der Waals surface area contributed by atoms with E-state index in [1.807, 2.05) is 24.7 Å². The van der Waals surface area contributed by atoms with Gasteiger partial charge in [-0.2, -0.15) is 0 Å². The van der Waals surface area contributed by atoms with Gasteiger partial charge in [0.2, 0.25) is 0 Å². The topological polar surface area (TPSA) is 44.1 Å². The molecule has 1 aromatic rings. The zero-order valence-electron chi connectivity index (χ0n) is 8.43. The monoisotopic (exact) mass is 194 g/mol. The van der Waals surface area contributed by atoms with Crippen molar-refractivity contribution in [2.45, 2.75) is 19.3 Å². The summed E-state index contributed by atoms with van der Waals surface area (Å²) in [5.74, 6) is 1.22. The summed E-state index contributed by atoms with van der Waals surface area (Å²) < 4.78 is 6.92. The van der Waals surface area contributed by atoms with E-state index in [-0.39, 0.29) is 17.8 Å². The molecule has 0 spiro atoms. The van der Waals surface area contributed by atoms with Gasteiger partial charge in [-0.05, 0) is 13.3 Å². The van der Waals surface area contributed by atoms with Crippen molar-refractivity contribution in [2.75, 3.05) is 6.61 Å². The van der Waals surface area contributed by atoms with Crippen LogP contribution in [0.3, 0.4) is 0 Å². The van der Waals surface area contributed by atoms with Gasteiger partial charge < -0.3 is 9.30 Å². The third-order valence-electron chi connectivity index (χ3n) is 2.57. The predicted octanol–water partition coefficient (Wildman–Crippen LogP) is 1.09. The van der Waals surface area contributed by atoms with Gasteiger partial charge in [0.05, 0.1) is 12.5 Å². The molecule has 1 heterocycles. The lowest BCUT2D eigenvalue weighted by Gasteiger charge is -2.01. The van der Waals surface area contributed by atoms with Crippen molar-refractivity contribution >= 4 is 5.97 Å². The van der Waals surface area contributed by atoms with E-state index in [9.17, 15) is 4.79 Å². The molecule has 4 nitrogen and oxygen atoms in total. The standard InChI is InChI=1S/C10H14N2O2/c1-3-14-10(13)8-6-7(8)9-11-4-5-12(9)2/h4-5,7-8H,3,6H2,1-2H3. The molecular formula is C10H14N2O2. The summed E-state index contributed by atoms with van der Waals surface area (Å²) in [5.41, 5.74) is 0. The first-order valence-corrected chi connectivity index (χ1v) is 4.88. The SMILES string of the molecule is CCOC(=O)C1CC1c1nccn1C. The Balaban J connectivity index is 1.99. The molecule has 0 radical (unpaired) electrons. The molecule has 2 rings (SSSR count). The van der Waals surface area contributed by atoms with Crippen molar-refractivity contribution < 1.29 is 9.53 Å². The first-order chi connectivity index (χ1) is 6.74. The number of carbonyl (C=O) groups excluding carboxylic acids is 1. The van der Waals surface area contributed by atoms with Crippen molar-refractivity contribution in [1.82, 2.24) is 9.55 Å².